The molecule has 3 aliphatic rings. The number of carbonyl (C=O) groups excluding carboxylic acids is 2. The van der Waals surface area contributed by atoms with Gasteiger partial charge in [-0.2, -0.15) is 0 Å². The van der Waals surface area contributed by atoms with Crippen LogP contribution in [0.5, 0.6) is 0 Å². The smallest absolute Gasteiger partial charge is 0.340 e. The van der Waals surface area contributed by atoms with E-state index in [1.807, 2.05) is 52.8 Å². The number of ether oxygens (including phenoxy) is 4. The van der Waals surface area contributed by atoms with E-state index in [0.29, 0.717) is 18.4 Å². The largest absolute Gasteiger partial charge is 0.487 e. The number of rotatable bonds is 8. The Balaban J connectivity index is 1.87. The second kappa shape index (κ2) is 9.00. The molecule has 0 amide bonds. The first-order valence-electron chi connectivity index (χ1n) is 12.2. The third-order valence-electron chi connectivity index (χ3n) is 7.49. The fraction of sp³-hybridized carbons (Fsp3) is 0.630. The lowest BCUT2D eigenvalue weighted by Crippen LogP contribution is -2.55. The summed E-state index contributed by atoms with van der Waals surface area (Å²) in [6, 6.07) is 9.09. The summed E-state index contributed by atoms with van der Waals surface area (Å²) in [5.41, 5.74) is -1.93. The van der Waals surface area contributed by atoms with Gasteiger partial charge in [0.25, 0.3) is 0 Å². The molecule has 2 saturated carbocycles. The molecule has 3 aliphatic carbocycles. The van der Waals surface area contributed by atoms with E-state index in [1.165, 1.54) is 7.11 Å². The van der Waals surface area contributed by atoms with Crippen molar-refractivity contribution in [2.24, 2.45) is 17.3 Å². The fourth-order valence-corrected chi connectivity index (χ4v) is 6.27. The molecule has 1 aromatic carbocycles. The minimum Gasteiger partial charge on any atom is -0.487 e. The van der Waals surface area contributed by atoms with Gasteiger partial charge in [-0.15, -0.1) is 0 Å². The van der Waals surface area contributed by atoms with E-state index >= 15 is 0 Å². The molecule has 6 atom stereocenters. The number of aliphatic hydroxyl groups excluding tert-OH is 1. The molecular formula is C27H36O7. The normalized spacial score (nSPS) is 33.3. The van der Waals surface area contributed by atoms with Gasteiger partial charge >= 0.3 is 5.97 Å². The minimum absolute atomic E-state index is 0.0285. The van der Waals surface area contributed by atoms with E-state index in [4.69, 9.17) is 18.9 Å². The molecule has 0 spiro atoms. The zero-order valence-corrected chi connectivity index (χ0v) is 20.9. The van der Waals surface area contributed by atoms with Crippen LogP contribution in [0.15, 0.2) is 41.9 Å². The number of Topliss-reactive ketones (excluding diaryl/α,β-unsaturated/α-hetero) is 1. The Hall–Kier alpha value is -2.38. The highest BCUT2D eigenvalue weighted by molar-refractivity contribution is 6.04. The summed E-state index contributed by atoms with van der Waals surface area (Å²) in [5.74, 6) is -0.969. The number of methoxy groups -OCH3 is 1. The summed E-state index contributed by atoms with van der Waals surface area (Å²) in [4.78, 5) is 27.6. The van der Waals surface area contributed by atoms with Gasteiger partial charge in [-0.1, -0.05) is 30.3 Å². The fourth-order valence-electron chi connectivity index (χ4n) is 6.27. The molecule has 0 unspecified atom stereocenters. The Morgan fingerprint density at radius 2 is 1.71 bits per heavy atom. The van der Waals surface area contributed by atoms with Crippen molar-refractivity contribution in [2.45, 2.75) is 83.9 Å². The molecule has 0 aromatic heterocycles. The summed E-state index contributed by atoms with van der Waals surface area (Å²) in [6.07, 6.45) is -0.454. The average Bonchev–Trinajstić information content (AvgIpc) is 3.30. The van der Waals surface area contributed by atoms with Crippen LogP contribution in [0.1, 0.15) is 65.5 Å². The van der Waals surface area contributed by atoms with Gasteiger partial charge in [0.2, 0.25) is 11.5 Å². The number of fused-ring (bicyclic) bond motifs is 3. The highest BCUT2D eigenvalue weighted by atomic mass is 16.6. The van der Waals surface area contributed by atoms with Crippen LogP contribution in [0.2, 0.25) is 0 Å². The first-order chi connectivity index (χ1) is 16.1. The molecular weight excluding hydrogens is 436 g/mol. The summed E-state index contributed by atoms with van der Waals surface area (Å²) >= 11 is 0. The lowest BCUT2D eigenvalue weighted by molar-refractivity contribution is -0.193. The molecule has 1 N–H and O–H groups in total. The number of allylic oxidation sites excluding steroid dienone is 1. The zero-order valence-electron chi connectivity index (χ0n) is 20.9. The quantitative estimate of drug-likeness (QED) is 0.570. The van der Waals surface area contributed by atoms with Gasteiger partial charge < -0.3 is 24.1 Å². The van der Waals surface area contributed by atoms with Crippen molar-refractivity contribution in [1.82, 2.24) is 0 Å². The van der Waals surface area contributed by atoms with Gasteiger partial charge in [0, 0.05) is 13.0 Å². The van der Waals surface area contributed by atoms with E-state index in [0.717, 1.165) is 6.42 Å². The molecule has 186 valence electrons. The van der Waals surface area contributed by atoms with Crippen molar-refractivity contribution in [3.8, 4) is 0 Å². The highest BCUT2D eigenvalue weighted by Crippen LogP contribution is 2.68. The summed E-state index contributed by atoms with van der Waals surface area (Å²) in [7, 11) is 1.45. The van der Waals surface area contributed by atoms with E-state index in [-0.39, 0.29) is 35.4 Å². The maximum atomic E-state index is 13.9. The first kappa shape index (κ1) is 24.7. The lowest BCUT2D eigenvalue weighted by Gasteiger charge is -2.42. The molecule has 7 heteroatoms. The molecule has 4 rings (SSSR count). The number of aliphatic hydroxyl groups is 1. The number of esters is 1. The van der Waals surface area contributed by atoms with Crippen molar-refractivity contribution >= 4 is 11.8 Å². The minimum atomic E-state index is -1.47. The summed E-state index contributed by atoms with van der Waals surface area (Å²) in [5, 5.41) is 11.1. The van der Waals surface area contributed by atoms with Crippen LogP contribution in [0.4, 0.5) is 0 Å². The van der Waals surface area contributed by atoms with Crippen LogP contribution in [0.25, 0.3) is 0 Å². The van der Waals surface area contributed by atoms with Crippen molar-refractivity contribution in [2.75, 3.05) is 7.11 Å². The van der Waals surface area contributed by atoms with Crippen molar-refractivity contribution in [3.63, 3.8) is 0 Å². The second-order valence-corrected chi connectivity index (χ2v) is 10.5. The van der Waals surface area contributed by atoms with Crippen LogP contribution in [0, 0.1) is 17.3 Å². The van der Waals surface area contributed by atoms with Crippen LogP contribution in [-0.4, -0.2) is 47.9 Å². The monoisotopic (exact) mass is 472 g/mol. The van der Waals surface area contributed by atoms with Crippen LogP contribution in [0.3, 0.4) is 0 Å². The third kappa shape index (κ3) is 3.64. The van der Waals surface area contributed by atoms with Gasteiger partial charge in [0.15, 0.2) is 17.5 Å². The molecule has 0 aliphatic heterocycles. The maximum Gasteiger partial charge on any atom is 0.340 e. The first-order valence-corrected chi connectivity index (χ1v) is 12.2. The van der Waals surface area contributed by atoms with E-state index in [1.54, 1.807) is 12.1 Å². The molecule has 0 radical (unpaired) electrons. The Kier molecular flexibility index (Phi) is 6.55. The standard InChI is InChI=1S/C27H36O7/c1-15(2)32-22-23(29)26(5)14-18-12-13-19(28)20(18)27(26,24(22)33-16(3)4)34-25(30)21(31-6)17-10-8-7-9-11-17/h7-11,15-16,18-21,28H,12-14H2,1-6H3/t18-,19-,20-,21-,26+,27+/m0/s1. The molecule has 0 heterocycles. The molecule has 2 fully saturated rings. The maximum absolute atomic E-state index is 13.9. The van der Waals surface area contributed by atoms with Gasteiger partial charge in [-0.25, -0.2) is 4.79 Å². The van der Waals surface area contributed by atoms with Crippen molar-refractivity contribution in [1.29, 1.82) is 0 Å². The predicted molar refractivity (Wildman–Crippen MR) is 124 cm³/mol. The SMILES string of the molecule is CO[C@H](C(=O)O[C@]12C(OC(C)C)=C(OC(C)C)C(=O)[C@@]1(C)C[C@@H]1CC[C@H](O)[C@H]12)c1ccccc1. The summed E-state index contributed by atoms with van der Waals surface area (Å²) < 4.78 is 24.2. The van der Waals surface area contributed by atoms with E-state index in [2.05, 4.69) is 0 Å². The highest BCUT2D eigenvalue weighted by Gasteiger charge is 2.78. The lowest BCUT2D eigenvalue weighted by atomic mass is 9.72. The van der Waals surface area contributed by atoms with Gasteiger partial charge in [0.05, 0.1) is 23.7 Å². The van der Waals surface area contributed by atoms with Crippen LogP contribution >= 0.6 is 0 Å². The topological polar surface area (TPSA) is 91.3 Å². The Labute approximate surface area is 201 Å². The summed E-state index contributed by atoms with van der Waals surface area (Å²) in [6.45, 7) is 9.21. The molecule has 7 nitrogen and oxygen atoms in total. The number of hydrogen-bond acceptors (Lipinski definition) is 7. The Morgan fingerprint density at radius 1 is 1.06 bits per heavy atom. The third-order valence-corrected chi connectivity index (χ3v) is 7.49. The molecule has 0 bridgehead atoms. The van der Waals surface area contributed by atoms with Gasteiger partial charge in [-0.05, 0) is 65.4 Å². The Morgan fingerprint density at radius 3 is 2.29 bits per heavy atom. The van der Waals surface area contributed by atoms with Gasteiger partial charge in [-0.3, -0.25) is 4.79 Å². The van der Waals surface area contributed by atoms with Gasteiger partial charge in [0.1, 0.15) is 0 Å². The number of benzene rings is 1. The number of ketones is 1. The van der Waals surface area contributed by atoms with E-state index in [9.17, 15) is 14.7 Å². The zero-order chi connectivity index (χ0) is 24.8. The predicted octanol–water partition coefficient (Wildman–Crippen LogP) is 4.10. The second-order valence-electron chi connectivity index (χ2n) is 10.5. The average molecular weight is 473 g/mol. The Bertz CT molecular complexity index is 968. The number of hydrogen-bond donors (Lipinski definition) is 1. The van der Waals surface area contributed by atoms with Crippen LogP contribution in [-0.2, 0) is 28.5 Å². The van der Waals surface area contributed by atoms with Crippen molar-refractivity contribution in [3.05, 3.63) is 47.4 Å². The van der Waals surface area contributed by atoms with Crippen LogP contribution < -0.4 is 0 Å². The molecule has 1 aromatic rings. The number of carbonyl (C=O) groups is 2. The molecule has 0 saturated heterocycles. The van der Waals surface area contributed by atoms with E-state index < -0.39 is 35.1 Å². The molecule has 34 heavy (non-hydrogen) atoms. The van der Waals surface area contributed by atoms with Crippen molar-refractivity contribution < 1.29 is 33.6 Å².